The summed E-state index contributed by atoms with van der Waals surface area (Å²) in [5.74, 6) is 2.39. The molecule has 4 N–H and O–H groups in total. The number of rotatable bonds is 13. The zero-order valence-electron chi connectivity index (χ0n) is 23.3. The molecule has 5 rings (SSSR count). The lowest BCUT2D eigenvalue weighted by Gasteiger charge is -2.12. The number of benzene rings is 3. The van der Waals surface area contributed by atoms with Gasteiger partial charge in [0.25, 0.3) is 0 Å². The quantitative estimate of drug-likeness (QED) is 0.0989. The van der Waals surface area contributed by atoms with Crippen LogP contribution in [0, 0.1) is 5.82 Å². The lowest BCUT2D eigenvalue weighted by Crippen LogP contribution is -2.14. The number of nitrogens with two attached hydrogens (primary N) is 1. The minimum absolute atomic E-state index is 0.204. The smallest absolute Gasteiger partial charge is 0.141 e. The molecule has 0 unspecified atom stereocenters. The van der Waals surface area contributed by atoms with Gasteiger partial charge < -0.3 is 30.3 Å². The Morgan fingerprint density at radius 2 is 1.90 bits per heavy atom. The molecule has 0 saturated carbocycles. The number of anilines is 2. The van der Waals surface area contributed by atoms with Crippen molar-refractivity contribution in [1.29, 1.82) is 0 Å². The van der Waals surface area contributed by atoms with Crippen LogP contribution in [0.2, 0.25) is 5.02 Å². The largest absolute Gasteiger partial charge is 0.487 e. The monoisotopic (exact) mass is 589 g/mol. The van der Waals surface area contributed by atoms with Gasteiger partial charge in [0.1, 0.15) is 48.1 Å². The van der Waals surface area contributed by atoms with Crippen LogP contribution in [-0.4, -0.2) is 29.8 Å². The van der Waals surface area contributed by atoms with Crippen molar-refractivity contribution < 1.29 is 18.3 Å². The molecule has 0 aliphatic heterocycles. The van der Waals surface area contributed by atoms with Gasteiger partial charge in [-0.1, -0.05) is 23.7 Å². The lowest BCUT2D eigenvalue weighted by atomic mass is 10.1. The fraction of sp³-hybridized carbons (Fsp3) is 0.219. The first-order valence-corrected chi connectivity index (χ1v) is 14.0. The Kier molecular flexibility index (Phi) is 11.4. The third-order valence-electron chi connectivity index (χ3n) is 6.28. The number of unbranched alkanes of at least 4 members (excludes halogenated alkanes) is 2. The van der Waals surface area contributed by atoms with Gasteiger partial charge in [-0.2, -0.15) is 0 Å². The van der Waals surface area contributed by atoms with E-state index in [1.165, 1.54) is 25.5 Å². The Bertz CT molecular complexity index is 1610. The Morgan fingerprint density at radius 3 is 2.71 bits per heavy atom. The number of carbonyl (C=O) groups is 1. The van der Waals surface area contributed by atoms with Gasteiger partial charge in [0.05, 0.1) is 17.1 Å². The molecule has 0 aliphatic carbocycles. The first kappa shape index (κ1) is 30.6. The maximum Gasteiger partial charge on any atom is 0.141 e. The first-order valence-electron chi connectivity index (χ1n) is 13.6. The van der Waals surface area contributed by atoms with Crippen molar-refractivity contribution >= 4 is 40.3 Å². The summed E-state index contributed by atoms with van der Waals surface area (Å²) in [6, 6.07) is 21.4. The highest BCUT2D eigenvalue weighted by Crippen LogP contribution is 2.32. The minimum atomic E-state index is -0.310. The highest BCUT2D eigenvalue weighted by Gasteiger charge is 2.11. The van der Waals surface area contributed by atoms with Crippen LogP contribution in [-0.2, 0) is 17.9 Å². The second-order valence-corrected chi connectivity index (χ2v) is 9.66. The van der Waals surface area contributed by atoms with E-state index in [1.54, 1.807) is 24.3 Å². The maximum atomic E-state index is 13.4. The third-order valence-corrected chi connectivity index (χ3v) is 6.58. The standard InChI is InChI=1S/C31H28ClFN4O3.CH5N/c32-27-17-24(8-11-30(27)39-19-21-5-4-6-23(33)15-21)37-31-26-16-22(7-10-28(26)35-20-36-31)29-12-9-25(40-29)18-34-13-2-1-3-14-38;1-2/h4-12,14-17,20,34H,1-3,13,18-19H2,(H,35,36,37);2H2,1H3. The fourth-order valence-corrected chi connectivity index (χ4v) is 4.48. The molecule has 42 heavy (non-hydrogen) atoms. The predicted molar refractivity (Wildman–Crippen MR) is 164 cm³/mol. The number of fused-ring (bicyclic) bond motifs is 1. The van der Waals surface area contributed by atoms with Gasteiger partial charge in [-0.3, -0.25) is 0 Å². The second-order valence-electron chi connectivity index (χ2n) is 9.25. The zero-order chi connectivity index (χ0) is 29.7. The molecule has 8 nitrogen and oxygen atoms in total. The first-order chi connectivity index (χ1) is 20.6. The van der Waals surface area contributed by atoms with Crippen LogP contribution in [0.3, 0.4) is 0 Å². The maximum absolute atomic E-state index is 13.4. The molecule has 0 aliphatic rings. The fourth-order valence-electron chi connectivity index (χ4n) is 4.25. The SMILES string of the molecule is CN.O=CCCCCNCc1ccc(-c2ccc3ncnc(Nc4ccc(OCc5cccc(F)c5)c(Cl)c4)c3c2)o1. The molecule has 0 amide bonds. The number of carbonyl (C=O) groups excluding carboxylic acids is 1. The van der Waals surface area contributed by atoms with Crippen LogP contribution in [0.15, 0.2) is 83.5 Å². The van der Waals surface area contributed by atoms with E-state index in [-0.39, 0.29) is 12.4 Å². The summed E-state index contributed by atoms with van der Waals surface area (Å²) >= 11 is 6.48. The van der Waals surface area contributed by atoms with Crippen LogP contribution < -0.4 is 21.1 Å². The molecular weight excluding hydrogens is 557 g/mol. The molecule has 218 valence electrons. The molecule has 0 radical (unpaired) electrons. The van der Waals surface area contributed by atoms with E-state index < -0.39 is 0 Å². The number of hydrogen-bond donors (Lipinski definition) is 3. The van der Waals surface area contributed by atoms with E-state index >= 15 is 0 Å². The van der Waals surface area contributed by atoms with Gasteiger partial charge in [-0.05, 0) is 92.7 Å². The highest BCUT2D eigenvalue weighted by atomic mass is 35.5. The van der Waals surface area contributed by atoms with Gasteiger partial charge in [0.2, 0.25) is 0 Å². The topological polar surface area (TPSA) is 115 Å². The predicted octanol–water partition coefficient (Wildman–Crippen LogP) is 7.04. The Balaban J connectivity index is 0.00000198. The normalized spacial score (nSPS) is 10.7. The van der Waals surface area contributed by atoms with Crippen LogP contribution in [0.4, 0.5) is 15.9 Å². The van der Waals surface area contributed by atoms with Crippen molar-refractivity contribution in [3.05, 3.63) is 101 Å². The molecule has 5 aromatic rings. The summed E-state index contributed by atoms with van der Waals surface area (Å²) < 4.78 is 25.3. The number of furan rings is 1. The summed E-state index contributed by atoms with van der Waals surface area (Å²) in [6.45, 7) is 1.65. The number of ether oxygens (including phenoxy) is 1. The van der Waals surface area contributed by atoms with Crippen molar-refractivity contribution in [2.75, 3.05) is 18.9 Å². The molecule has 0 bridgehead atoms. The molecule has 2 aromatic heterocycles. The average Bonchev–Trinajstić information content (AvgIpc) is 3.49. The molecular formula is C32H33ClFN5O3. The van der Waals surface area contributed by atoms with E-state index in [9.17, 15) is 9.18 Å². The van der Waals surface area contributed by atoms with Gasteiger partial charge in [0, 0.05) is 23.1 Å². The van der Waals surface area contributed by atoms with Gasteiger partial charge in [-0.15, -0.1) is 0 Å². The summed E-state index contributed by atoms with van der Waals surface area (Å²) in [5, 5.41) is 7.91. The van der Waals surface area contributed by atoms with Gasteiger partial charge in [0.15, 0.2) is 0 Å². The summed E-state index contributed by atoms with van der Waals surface area (Å²) in [5.41, 5.74) is 7.63. The highest BCUT2D eigenvalue weighted by molar-refractivity contribution is 6.32. The summed E-state index contributed by atoms with van der Waals surface area (Å²) in [6.07, 6.45) is 4.89. The van der Waals surface area contributed by atoms with E-state index in [2.05, 4.69) is 26.3 Å². The van der Waals surface area contributed by atoms with Crippen molar-refractivity contribution in [2.24, 2.45) is 5.73 Å². The van der Waals surface area contributed by atoms with E-state index in [0.29, 0.717) is 35.1 Å². The zero-order valence-corrected chi connectivity index (χ0v) is 24.0. The number of aromatic nitrogens is 2. The summed E-state index contributed by atoms with van der Waals surface area (Å²) in [7, 11) is 1.50. The van der Waals surface area contributed by atoms with Crippen LogP contribution in [0.1, 0.15) is 30.6 Å². The minimum Gasteiger partial charge on any atom is -0.487 e. The van der Waals surface area contributed by atoms with E-state index in [1.807, 2.05) is 36.4 Å². The molecule has 0 saturated heterocycles. The van der Waals surface area contributed by atoms with Crippen molar-refractivity contribution in [1.82, 2.24) is 15.3 Å². The second kappa shape index (κ2) is 15.6. The van der Waals surface area contributed by atoms with Crippen LogP contribution in [0.25, 0.3) is 22.2 Å². The molecule has 0 fully saturated rings. The van der Waals surface area contributed by atoms with Crippen LogP contribution in [0.5, 0.6) is 5.75 Å². The van der Waals surface area contributed by atoms with Crippen LogP contribution >= 0.6 is 11.6 Å². The third kappa shape index (κ3) is 8.36. The molecule has 3 aromatic carbocycles. The number of halogens is 2. The van der Waals surface area contributed by atoms with Crippen molar-refractivity contribution in [3.8, 4) is 17.1 Å². The van der Waals surface area contributed by atoms with Gasteiger partial charge >= 0.3 is 0 Å². The number of aldehydes is 1. The van der Waals surface area contributed by atoms with Crippen molar-refractivity contribution in [2.45, 2.75) is 32.4 Å². The molecule has 2 heterocycles. The van der Waals surface area contributed by atoms with E-state index in [0.717, 1.165) is 59.3 Å². The van der Waals surface area contributed by atoms with Crippen molar-refractivity contribution in [3.63, 3.8) is 0 Å². The Labute approximate surface area is 249 Å². The Hall–Kier alpha value is -4.31. The summed E-state index contributed by atoms with van der Waals surface area (Å²) in [4.78, 5) is 19.3. The molecule has 10 heteroatoms. The number of nitrogens with zero attached hydrogens (tertiary/aromatic N) is 2. The number of nitrogens with one attached hydrogen (secondary N) is 2. The lowest BCUT2D eigenvalue weighted by molar-refractivity contribution is -0.107. The Morgan fingerprint density at radius 1 is 1.02 bits per heavy atom. The molecule has 0 spiro atoms. The average molecular weight is 590 g/mol. The number of hydrogen-bond acceptors (Lipinski definition) is 8. The van der Waals surface area contributed by atoms with Gasteiger partial charge in [-0.25, -0.2) is 14.4 Å². The molecule has 0 atom stereocenters. The van der Waals surface area contributed by atoms with E-state index in [4.69, 9.17) is 20.8 Å².